The fraction of sp³-hybridized carbons (Fsp3) is 0.826. The van der Waals surface area contributed by atoms with Gasteiger partial charge in [0.05, 0.1) is 0 Å². The van der Waals surface area contributed by atoms with Crippen LogP contribution >= 0.6 is 0 Å². The molecule has 0 unspecified atom stereocenters. The van der Waals surface area contributed by atoms with Crippen LogP contribution in [-0.4, -0.2) is 33.4 Å². The largest absolute Gasteiger partial charge is 0.481 e. The number of hydrogen-bond donors (Lipinski definition) is 3. The van der Waals surface area contributed by atoms with Gasteiger partial charge >= 0.3 is 5.97 Å². The summed E-state index contributed by atoms with van der Waals surface area (Å²) in [6, 6.07) is 0. The van der Waals surface area contributed by atoms with Crippen molar-refractivity contribution in [3.05, 3.63) is 12.2 Å². The summed E-state index contributed by atoms with van der Waals surface area (Å²) in [5, 5.41) is 24.0. The number of allylic oxidation sites excluding steroid dienone is 2. The van der Waals surface area contributed by atoms with Gasteiger partial charge in [0.15, 0.2) is 0 Å². The molecule has 0 fully saturated rings. The molecule has 0 heterocycles. The molecule has 0 saturated heterocycles. The molecule has 0 aliphatic heterocycles. The summed E-state index contributed by atoms with van der Waals surface area (Å²) in [4.78, 5) is 19.3. The van der Waals surface area contributed by atoms with Crippen molar-refractivity contribution in [2.75, 3.05) is 0 Å². The van der Waals surface area contributed by atoms with E-state index in [0.717, 1.165) is 19.8 Å². The number of carbonyl (C=O) groups is 2. The summed E-state index contributed by atoms with van der Waals surface area (Å²) >= 11 is 0. The van der Waals surface area contributed by atoms with Crippen LogP contribution in [0.2, 0.25) is 0 Å². The van der Waals surface area contributed by atoms with Crippen LogP contribution in [0.15, 0.2) is 12.2 Å². The molecule has 0 aliphatic rings. The van der Waals surface area contributed by atoms with Crippen molar-refractivity contribution in [1.29, 1.82) is 0 Å². The summed E-state index contributed by atoms with van der Waals surface area (Å²) in [6.45, 7) is 6.79. The molecular formula is C23H46O5. The van der Waals surface area contributed by atoms with Gasteiger partial charge in [0.2, 0.25) is 0 Å². The minimum absolute atomic E-state index is 0.167. The van der Waals surface area contributed by atoms with E-state index in [2.05, 4.69) is 19.1 Å². The van der Waals surface area contributed by atoms with E-state index in [-0.39, 0.29) is 6.10 Å². The molecule has 0 spiro atoms. The van der Waals surface area contributed by atoms with Gasteiger partial charge in [0.25, 0.3) is 5.97 Å². The first-order valence-electron chi connectivity index (χ1n) is 11.0. The van der Waals surface area contributed by atoms with E-state index in [0.29, 0.717) is 6.42 Å². The predicted molar refractivity (Wildman–Crippen MR) is 118 cm³/mol. The SMILES string of the molecule is CC(=O)O.CC(C)O.CCCCCCCC/C=C\CCCCCCCC(=O)O. The van der Waals surface area contributed by atoms with Gasteiger partial charge in [-0.25, -0.2) is 0 Å². The second-order valence-electron chi connectivity index (χ2n) is 7.34. The maximum atomic E-state index is 10.3. The lowest BCUT2D eigenvalue weighted by molar-refractivity contribution is -0.137. The maximum Gasteiger partial charge on any atom is 0.303 e. The molecule has 0 rings (SSSR count). The molecule has 0 radical (unpaired) electrons. The van der Waals surface area contributed by atoms with Gasteiger partial charge < -0.3 is 15.3 Å². The number of carboxylic acid groups (broad SMARTS) is 2. The van der Waals surface area contributed by atoms with Crippen molar-refractivity contribution < 1.29 is 24.9 Å². The summed E-state index contributed by atoms with van der Waals surface area (Å²) in [6.07, 6.45) is 21.1. The maximum absolute atomic E-state index is 10.3. The Morgan fingerprint density at radius 2 is 1.07 bits per heavy atom. The normalized spacial score (nSPS) is 10.2. The Hall–Kier alpha value is -1.36. The molecule has 5 nitrogen and oxygen atoms in total. The first-order chi connectivity index (χ1) is 13.2. The highest BCUT2D eigenvalue weighted by molar-refractivity contribution is 5.66. The molecule has 3 N–H and O–H groups in total. The molecule has 0 aromatic carbocycles. The minimum Gasteiger partial charge on any atom is -0.481 e. The quantitative estimate of drug-likeness (QED) is 0.212. The van der Waals surface area contributed by atoms with Crippen molar-refractivity contribution in [3.63, 3.8) is 0 Å². The van der Waals surface area contributed by atoms with Gasteiger partial charge in [0, 0.05) is 19.4 Å². The van der Waals surface area contributed by atoms with Crippen LogP contribution in [0.3, 0.4) is 0 Å². The zero-order chi connectivity index (χ0) is 22.0. The monoisotopic (exact) mass is 402 g/mol. The van der Waals surface area contributed by atoms with Crippen molar-refractivity contribution >= 4 is 11.9 Å². The highest BCUT2D eigenvalue weighted by Crippen LogP contribution is 2.09. The van der Waals surface area contributed by atoms with Crippen LogP contribution in [0.5, 0.6) is 0 Å². The first-order valence-corrected chi connectivity index (χ1v) is 11.0. The Labute approximate surface area is 173 Å². The smallest absolute Gasteiger partial charge is 0.303 e. The predicted octanol–water partition coefficient (Wildman–Crippen LogP) is 6.59. The Balaban J connectivity index is -0.000000656. The lowest BCUT2D eigenvalue weighted by Crippen LogP contribution is -1.93. The van der Waals surface area contributed by atoms with Gasteiger partial charge in [0.1, 0.15) is 0 Å². The molecule has 0 aromatic heterocycles. The van der Waals surface area contributed by atoms with Crippen LogP contribution in [0.4, 0.5) is 0 Å². The van der Waals surface area contributed by atoms with Crippen LogP contribution in [0.25, 0.3) is 0 Å². The third-order valence-electron chi connectivity index (χ3n) is 3.65. The van der Waals surface area contributed by atoms with E-state index >= 15 is 0 Å². The standard InChI is InChI=1S/C18H34O2.C3H8O.C2H4O2/c1-2-3-4-5-6-7-8-9-10-11-12-13-14-15-16-17-18(19)20;1-3(2)4;1-2(3)4/h9-10H,2-8,11-17H2,1H3,(H,19,20);3-4H,1-2H3;1H3,(H,3,4)/b10-9-;;. The highest BCUT2D eigenvalue weighted by atomic mass is 16.4. The van der Waals surface area contributed by atoms with Gasteiger partial charge in [-0.2, -0.15) is 0 Å². The second-order valence-corrected chi connectivity index (χ2v) is 7.34. The number of aliphatic hydroxyl groups is 1. The topological polar surface area (TPSA) is 94.8 Å². The fourth-order valence-corrected chi connectivity index (χ4v) is 2.35. The van der Waals surface area contributed by atoms with E-state index in [4.69, 9.17) is 20.1 Å². The van der Waals surface area contributed by atoms with Crippen LogP contribution in [0.1, 0.15) is 118 Å². The van der Waals surface area contributed by atoms with Crippen LogP contribution in [0, 0.1) is 0 Å². The number of aliphatic carboxylic acids is 2. The number of aliphatic hydroxyl groups excluding tert-OH is 1. The van der Waals surface area contributed by atoms with E-state index in [1.54, 1.807) is 13.8 Å². The molecule has 0 amide bonds. The molecule has 28 heavy (non-hydrogen) atoms. The second kappa shape index (κ2) is 27.9. The van der Waals surface area contributed by atoms with E-state index in [1.807, 2.05) is 0 Å². The van der Waals surface area contributed by atoms with Crippen molar-refractivity contribution in [1.82, 2.24) is 0 Å². The first kappa shape index (κ1) is 31.3. The van der Waals surface area contributed by atoms with E-state index < -0.39 is 11.9 Å². The molecule has 5 heteroatoms. The number of carboxylic acids is 2. The molecule has 0 bridgehead atoms. The average Bonchev–Trinajstić information content (AvgIpc) is 2.57. The number of hydrogen-bond acceptors (Lipinski definition) is 3. The highest BCUT2D eigenvalue weighted by Gasteiger charge is 1.95. The van der Waals surface area contributed by atoms with Gasteiger partial charge in [-0.1, -0.05) is 70.4 Å². The van der Waals surface area contributed by atoms with Gasteiger partial charge in [-0.15, -0.1) is 0 Å². The Morgan fingerprint density at radius 3 is 1.43 bits per heavy atom. The number of unbranched alkanes of at least 4 members (excludes halogenated alkanes) is 11. The number of rotatable bonds is 15. The van der Waals surface area contributed by atoms with Crippen LogP contribution in [-0.2, 0) is 9.59 Å². The molecular weight excluding hydrogens is 356 g/mol. The van der Waals surface area contributed by atoms with E-state index in [1.165, 1.54) is 70.6 Å². The van der Waals surface area contributed by atoms with Gasteiger partial charge in [-0.3, -0.25) is 9.59 Å². The van der Waals surface area contributed by atoms with Crippen molar-refractivity contribution in [2.24, 2.45) is 0 Å². The van der Waals surface area contributed by atoms with Crippen molar-refractivity contribution in [3.8, 4) is 0 Å². The molecule has 0 saturated carbocycles. The van der Waals surface area contributed by atoms with E-state index in [9.17, 15) is 4.79 Å². The van der Waals surface area contributed by atoms with Crippen molar-refractivity contribution in [2.45, 2.75) is 124 Å². The zero-order valence-corrected chi connectivity index (χ0v) is 18.8. The summed E-state index contributed by atoms with van der Waals surface area (Å²) in [5.41, 5.74) is 0. The minimum atomic E-state index is -0.833. The average molecular weight is 403 g/mol. The van der Waals surface area contributed by atoms with Gasteiger partial charge in [-0.05, 0) is 46.0 Å². The zero-order valence-electron chi connectivity index (χ0n) is 18.8. The third kappa shape index (κ3) is 56.3. The third-order valence-corrected chi connectivity index (χ3v) is 3.65. The van der Waals surface area contributed by atoms with Crippen LogP contribution < -0.4 is 0 Å². The lowest BCUT2D eigenvalue weighted by atomic mass is 10.1. The Bertz CT molecular complexity index is 344. The fourth-order valence-electron chi connectivity index (χ4n) is 2.35. The lowest BCUT2D eigenvalue weighted by Gasteiger charge is -1.99. The molecule has 0 aliphatic carbocycles. The summed E-state index contributed by atoms with van der Waals surface area (Å²) in [7, 11) is 0. The Kier molecular flexibility index (Phi) is 31.2. The summed E-state index contributed by atoms with van der Waals surface area (Å²) in [5.74, 6) is -1.50. The Morgan fingerprint density at radius 1 is 0.750 bits per heavy atom. The molecule has 0 aromatic rings. The molecule has 168 valence electrons. The molecule has 0 atom stereocenters. The summed E-state index contributed by atoms with van der Waals surface area (Å²) < 4.78 is 0.